The van der Waals surface area contributed by atoms with Crippen LogP contribution in [0.15, 0.2) is 84.9 Å². The van der Waals surface area contributed by atoms with Crippen molar-refractivity contribution in [2.24, 2.45) is 5.73 Å². The summed E-state index contributed by atoms with van der Waals surface area (Å²) in [4.78, 5) is 48.7. The van der Waals surface area contributed by atoms with Crippen LogP contribution in [0.1, 0.15) is 37.8 Å². The first-order chi connectivity index (χ1) is 21.3. The number of likely N-dealkylation sites (N-methyl/N-ethyl adjacent to an activating group) is 3. The number of hydrogen-bond donors (Lipinski definition) is 1. The molecule has 0 saturated carbocycles. The van der Waals surface area contributed by atoms with Gasteiger partial charge in [0.2, 0.25) is 17.7 Å². The zero-order valence-electron chi connectivity index (χ0n) is 28.1. The molecule has 0 spiro atoms. The average Bonchev–Trinajstić information content (AvgIpc) is 3.00. The molecule has 8 nitrogen and oxygen atoms in total. The van der Waals surface area contributed by atoms with Crippen LogP contribution in [0.4, 0.5) is 0 Å². The van der Waals surface area contributed by atoms with E-state index >= 15 is 0 Å². The summed E-state index contributed by atoms with van der Waals surface area (Å²) in [6.45, 7) is 5.22. The molecule has 2 N–H and O–H groups in total. The van der Waals surface area contributed by atoms with Gasteiger partial charge in [-0.2, -0.15) is 0 Å². The van der Waals surface area contributed by atoms with Gasteiger partial charge in [-0.3, -0.25) is 14.4 Å². The third kappa shape index (κ3) is 10.8. The molecule has 0 aliphatic rings. The lowest BCUT2D eigenvalue weighted by atomic mass is 9.98. The molecule has 45 heavy (non-hydrogen) atoms. The van der Waals surface area contributed by atoms with Gasteiger partial charge >= 0.3 is 0 Å². The Labute approximate surface area is 269 Å². The molecular weight excluding hydrogens is 562 g/mol. The van der Waals surface area contributed by atoms with Gasteiger partial charge in [-0.15, -0.1) is 0 Å². The summed E-state index contributed by atoms with van der Waals surface area (Å²) in [5.41, 5.74) is 7.54. The molecule has 0 aromatic heterocycles. The molecule has 3 aromatic rings. The Morgan fingerprint density at radius 3 is 1.98 bits per heavy atom. The molecule has 8 heteroatoms. The predicted molar refractivity (Wildman–Crippen MR) is 184 cm³/mol. The number of benzene rings is 3. The van der Waals surface area contributed by atoms with Crippen molar-refractivity contribution < 1.29 is 14.4 Å². The summed E-state index contributed by atoms with van der Waals surface area (Å²) in [5.74, 6) is -0.710. The lowest BCUT2D eigenvalue weighted by Crippen LogP contribution is -2.56. The Balaban J connectivity index is 1.95. The summed E-state index contributed by atoms with van der Waals surface area (Å²) >= 11 is 0. The second-order valence-electron chi connectivity index (χ2n) is 13.0. The van der Waals surface area contributed by atoms with Gasteiger partial charge in [-0.05, 0) is 75.3 Å². The highest BCUT2D eigenvalue weighted by Crippen LogP contribution is 2.21. The maximum absolute atomic E-state index is 14.5. The van der Waals surface area contributed by atoms with Crippen LogP contribution in [-0.2, 0) is 27.2 Å². The maximum Gasteiger partial charge on any atom is 0.246 e. The second-order valence-corrected chi connectivity index (χ2v) is 13.0. The molecule has 0 radical (unpaired) electrons. The molecular formula is C37H51N5O3. The fourth-order valence-corrected chi connectivity index (χ4v) is 5.32. The largest absolute Gasteiger partial charge is 0.344 e. The number of carbonyl (C=O) groups is 3. The van der Waals surface area contributed by atoms with E-state index in [1.54, 1.807) is 37.0 Å². The summed E-state index contributed by atoms with van der Waals surface area (Å²) in [5, 5.41) is 2.16. The third-order valence-corrected chi connectivity index (χ3v) is 8.09. The second kappa shape index (κ2) is 16.3. The first kappa shape index (κ1) is 35.5. The van der Waals surface area contributed by atoms with Crippen LogP contribution >= 0.6 is 0 Å². The highest BCUT2D eigenvalue weighted by atomic mass is 16.2. The molecule has 3 aromatic carbocycles. The smallest absolute Gasteiger partial charge is 0.246 e. The summed E-state index contributed by atoms with van der Waals surface area (Å²) in [7, 11) is 9.14. The van der Waals surface area contributed by atoms with Crippen molar-refractivity contribution in [2.75, 3.05) is 48.3 Å². The van der Waals surface area contributed by atoms with Crippen LogP contribution in [0.5, 0.6) is 0 Å². The number of amides is 3. The standard InChI is InChI=1S/C37H51N5O3/c1-37(2,38)22-13-19-34(43)41(6)33(27-29-20-21-30-17-11-12-18-31(30)25-29)36(45)42(7)32(26-28-15-9-8-10-16-28)35(44)40(5)24-14-23-39(3)4/h8-13,15-21,25,32-33H,14,22-24,26-27,38H2,1-7H3/b19-13+/t32-,33-/m0/s1. The molecule has 0 unspecified atom stereocenters. The average molecular weight is 614 g/mol. The molecule has 0 bridgehead atoms. The van der Waals surface area contributed by atoms with Gasteiger partial charge in [0.25, 0.3) is 0 Å². The lowest BCUT2D eigenvalue weighted by Gasteiger charge is -2.36. The van der Waals surface area contributed by atoms with E-state index in [2.05, 4.69) is 11.0 Å². The number of nitrogens with two attached hydrogens (primary N) is 1. The van der Waals surface area contributed by atoms with Crippen molar-refractivity contribution in [3.8, 4) is 0 Å². The van der Waals surface area contributed by atoms with E-state index in [1.807, 2.05) is 94.7 Å². The number of hydrogen-bond acceptors (Lipinski definition) is 5. The normalized spacial score (nSPS) is 13.2. The predicted octanol–water partition coefficient (Wildman–Crippen LogP) is 4.37. The van der Waals surface area contributed by atoms with Gasteiger partial charge in [-0.25, -0.2) is 0 Å². The Kier molecular flexibility index (Phi) is 12.9. The molecule has 2 atom stereocenters. The maximum atomic E-state index is 14.5. The molecule has 3 rings (SSSR count). The minimum Gasteiger partial charge on any atom is -0.344 e. The van der Waals surface area contributed by atoms with E-state index in [0.717, 1.165) is 34.9 Å². The van der Waals surface area contributed by atoms with Crippen LogP contribution in [0.3, 0.4) is 0 Å². The quantitative estimate of drug-likeness (QED) is 0.257. The first-order valence-corrected chi connectivity index (χ1v) is 15.7. The number of nitrogens with zero attached hydrogens (tertiary/aromatic N) is 4. The third-order valence-electron chi connectivity index (χ3n) is 8.09. The SMILES string of the molecule is CN(C)CCCN(C)C(=O)[C@H](Cc1ccccc1)N(C)C(=O)[C@H](Cc1ccc2ccccc2c1)N(C)C(=O)/C=C/CC(C)(C)N. The van der Waals surface area contributed by atoms with Gasteiger partial charge < -0.3 is 25.3 Å². The topological polar surface area (TPSA) is 90.2 Å². The highest BCUT2D eigenvalue weighted by Gasteiger charge is 2.35. The van der Waals surface area contributed by atoms with Gasteiger partial charge in [-0.1, -0.05) is 78.9 Å². The van der Waals surface area contributed by atoms with Gasteiger partial charge in [0.1, 0.15) is 12.1 Å². The Morgan fingerprint density at radius 1 is 0.733 bits per heavy atom. The van der Waals surface area contributed by atoms with Gasteiger partial charge in [0.15, 0.2) is 0 Å². The number of rotatable bonds is 15. The van der Waals surface area contributed by atoms with Crippen LogP contribution in [0, 0.1) is 0 Å². The van der Waals surface area contributed by atoms with Gasteiger partial charge in [0, 0.05) is 46.1 Å². The lowest BCUT2D eigenvalue weighted by molar-refractivity contribution is -0.148. The van der Waals surface area contributed by atoms with E-state index in [4.69, 9.17) is 5.73 Å². The number of fused-ring (bicyclic) bond motifs is 1. The first-order valence-electron chi connectivity index (χ1n) is 15.7. The van der Waals surface area contributed by atoms with Crippen LogP contribution in [0.2, 0.25) is 0 Å². The van der Waals surface area contributed by atoms with Crippen molar-refractivity contribution in [1.29, 1.82) is 0 Å². The Morgan fingerprint density at radius 2 is 1.33 bits per heavy atom. The van der Waals surface area contributed by atoms with Crippen LogP contribution in [-0.4, -0.2) is 103 Å². The Bertz CT molecular complexity index is 1450. The van der Waals surface area contributed by atoms with E-state index in [-0.39, 0.29) is 17.7 Å². The van der Waals surface area contributed by atoms with Crippen molar-refractivity contribution in [3.63, 3.8) is 0 Å². The van der Waals surface area contributed by atoms with E-state index in [1.165, 1.54) is 11.0 Å². The highest BCUT2D eigenvalue weighted by molar-refractivity contribution is 5.95. The van der Waals surface area contributed by atoms with Crippen molar-refractivity contribution in [1.82, 2.24) is 19.6 Å². The summed E-state index contributed by atoms with van der Waals surface area (Å²) < 4.78 is 0. The summed E-state index contributed by atoms with van der Waals surface area (Å²) in [6.07, 6.45) is 5.25. The summed E-state index contributed by atoms with van der Waals surface area (Å²) in [6, 6.07) is 22.3. The fraction of sp³-hybridized carbons (Fsp3) is 0.432. The minimum atomic E-state index is -0.829. The molecule has 0 saturated heterocycles. The van der Waals surface area contributed by atoms with Crippen LogP contribution in [0.25, 0.3) is 10.8 Å². The van der Waals surface area contributed by atoms with Gasteiger partial charge in [0.05, 0.1) is 0 Å². The van der Waals surface area contributed by atoms with Crippen molar-refractivity contribution >= 4 is 28.5 Å². The Hall–Kier alpha value is -4.01. The fourth-order valence-electron chi connectivity index (χ4n) is 5.32. The molecule has 0 fully saturated rings. The molecule has 0 aliphatic carbocycles. The molecule has 0 aliphatic heterocycles. The zero-order chi connectivity index (χ0) is 33.1. The minimum absolute atomic E-state index is 0.128. The van der Waals surface area contributed by atoms with Crippen molar-refractivity contribution in [3.05, 3.63) is 96.1 Å². The van der Waals surface area contributed by atoms with E-state index in [9.17, 15) is 14.4 Å². The number of carbonyl (C=O) groups excluding carboxylic acids is 3. The zero-order valence-corrected chi connectivity index (χ0v) is 28.1. The van der Waals surface area contributed by atoms with Crippen molar-refractivity contribution in [2.45, 2.75) is 57.2 Å². The monoisotopic (exact) mass is 613 g/mol. The molecule has 242 valence electrons. The van der Waals surface area contributed by atoms with E-state index in [0.29, 0.717) is 25.8 Å². The van der Waals surface area contributed by atoms with Crippen LogP contribution < -0.4 is 5.73 Å². The van der Waals surface area contributed by atoms with E-state index < -0.39 is 17.6 Å². The molecule has 3 amide bonds. The molecule has 0 heterocycles.